The summed E-state index contributed by atoms with van der Waals surface area (Å²) in [5.41, 5.74) is 11.7. The SMILES string of the molecule is C=N[C@H]1[C@H](OC2[C@@H](CO)O[C@@H](O)[C@H](N)[C@H]2O)O[C@H](CO)C(O[C@H]2O[C@]3(CO)OP4(=O)O[C@@]3(O)[C@](O)(O4)[C@@H]2N)[C@@H]1O. The summed E-state index contributed by atoms with van der Waals surface area (Å²) in [6.45, 7) is 0.620. The number of rotatable bonds is 8. The summed E-state index contributed by atoms with van der Waals surface area (Å²) >= 11 is 0. The number of hydrogen-bond acceptors (Lipinski definition) is 20. The van der Waals surface area contributed by atoms with Gasteiger partial charge in [0, 0.05) is 0 Å². The lowest BCUT2D eigenvalue weighted by Crippen LogP contribution is -2.81. The van der Waals surface area contributed by atoms with Crippen molar-refractivity contribution in [3.05, 3.63) is 0 Å². The van der Waals surface area contributed by atoms with E-state index in [-0.39, 0.29) is 0 Å². The van der Waals surface area contributed by atoms with Crippen LogP contribution in [0.3, 0.4) is 0 Å². The fourth-order valence-electron chi connectivity index (χ4n) is 5.33. The third-order valence-electron chi connectivity index (χ3n) is 7.55. The highest BCUT2D eigenvalue weighted by Gasteiger charge is 2.89. The van der Waals surface area contributed by atoms with E-state index in [0.717, 1.165) is 0 Å². The predicted molar refractivity (Wildman–Crippen MR) is 120 cm³/mol. The summed E-state index contributed by atoms with van der Waals surface area (Å²) < 4.78 is 55.0. The molecule has 0 radical (unpaired) electrons. The Morgan fingerprint density at radius 1 is 0.900 bits per heavy atom. The Morgan fingerprint density at radius 2 is 1.50 bits per heavy atom. The third-order valence-corrected chi connectivity index (χ3v) is 9.06. The number of hydrogen-bond donors (Lipinski definition) is 10. The summed E-state index contributed by atoms with van der Waals surface area (Å²) in [5, 5.41) is 82.9. The van der Waals surface area contributed by atoms with Gasteiger partial charge >= 0.3 is 7.82 Å². The van der Waals surface area contributed by atoms with Crippen molar-refractivity contribution in [2.24, 2.45) is 16.5 Å². The molecule has 230 valence electrons. The minimum atomic E-state index is -4.61. The zero-order valence-corrected chi connectivity index (χ0v) is 21.5. The molecule has 21 heteroatoms. The zero-order chi connectivity index (χ0) is 29.4. The van der Waals surface area contributed by atoms with Gasteiger partial charge in [-0.15, -0.1) is 0 Å². The Kier molecular flexibility index (Phi) is 7.98. The van der Waals surface area contributed by atoms with Gasteiger partial charge in [0.1, 0.15) is 55.3 Å². The molecule has 12 N–H and O–H groups in total. The molecular weight excluding hydrogens is 573 g/mol. The molecule has 5 aliphatic heterocycles. The maximum Gasteiger partial charge on any atom is 0.483 e. The van der Waals surface area contributed by atoms with Gasteiger partial charge in [-0.1, -0.05) is 0 Å². The molecular formula is C19H32N3O17P. The first-order chi connectivity index (χ1) is 18.7. The summed E-state index contributed by atoms with van der Waals surface area (Å²) in [4.78, 5) is 3.77. The second-order valence-corrected chi connectivity index (χ2v) is 11.3. The van der Waals surface area contributed by atoms with E-state index in [1.807, 2.05) is 0 Å². The predicted octanol–water partition coefficient (Wildman–Crippen LogP) is -6.76. The van der Waals surface area contributed by atoms with Crippen molar-refractivity contribution < 1.29 is 82.7 Å². The molecule has 3 unspecified atom stereocenters. The molecule has 5 heterocycles. The molecule has 0 spiro atoms. The highest BCUT2D eigenvalue weighted by Crippen LogP contribution is 2.76. The van der Waals surface area contributed by atoms with Crippen LogP contribution < -0.4 is 11.5 Å². The average Bonchev–Trinajstić information content (AvgIpc) is 3.29. The van der Waals surface area contributed by atoms with E-state index < -0.39 is 119 Å². The molecule has 5 rings (SSSR count). The molecule has 0 saturated carbocycles. The standard InChI is InChI=1S/C19H32N3O17P/c1-22-8-10(27)12(6(3-24)33-15(8)34-11-5(2-23)32-14(28)7(20)9(11)26)35-16-13(21)18(29)19(30)17(4-25,36-16)37-40(31,38-18)39-19/h5-16,23-30H,1-4,20-21H2/t5-,6-,7-,8-,9-,10-,11?,12?,13-,14-,15+,16+,17-,18-,19-,40?/m1/s1. The minimum Gasteiger partial charge on any atom is -0.394 e. The third kappa shape index (κ3) is 4.24. The van der Waals surface area contributed by atoms with Crippen LogP contribution in [0.25, 0.3) is 0 Å². The minimum absolute atomic E-state index is 0.707. The van der Waals surface area contributed by atoms with Crippen LogP contribution in [0.5, 0.6) is 0 Å². The summed E-state index contributed by atoms with van der Waals surface area (Å²) in [5.74, 6) is -8.71. The van der Waals surface area contributed by atoms with E-state index in [0.29, 0.717) is 0 Å². The molecule has 5 fully saturated rings. The van der Waals surface area contributed by atoms with E-state index in [9.17, 15) is 45.4 Å². The fraction of sp³-hybridized carbons (Fsp3) is 0.947. The maximum atomic E-state index is 12.5. The van der Waals surface area contributed by atoms with Gasteiger partial charge in [-0.2, -0.15) is 0 Å². The molecule has 0 aromatic rings. The number of phosphoric acid groups is 1. The van der Waals surface area contributed by atoms with Crippen LogP contribution in [0.4, 0.5) is 0 Å². The van der Waals surface area contributed by atoms with Crippen molar-refractivity contribution >= 4 is 14.5 Å². The fourth-order valence-corrected chi connectivity index (χ4v) is 7.20. The van der Waals surface area contributed by atoms with Crippen molar-refractivity contribution in [1.29, 1.82) is 0 Å². The molecule has 5 aliphatic rings. The van der Waals surface area contributed by atoms with Gasteiger partial charge in [0.05, 0.1) is 19.3 Å². The van der Waals surface area contributed by atoms with Gasteiger partial charge in [-0.3, -0.25) is 4.99 Å². The van der Waals surface area contributed by atoms with Gasteiger partial charge in [0.15, 0.2) is 18.9 Å². The summed E-state index contributed by atoms with van der Waals surface area (Å²) in [7, 11) is -4.61. The molecule has 20 nitrogen and oxygen atoms in total. The highest BCUT2D eigenvalue weighted by atomic mass is 31.2. The zero-order valence-electron chi connectivity index (χ0n) is 20.6. The van der Waals surface area contributed by atoms with Crippen molar-refractivity contribution in [3.8, 4) is 0 Å². The lowest BCUT2D eigenvalue weighted by atomic mass is 9.87. The van der Waals surface area contributed by atoms with Crippen molar-refractivity contribution in [2.45, 2.75) is 91.0 Å². The topological polar surface area (TPSA) is 317 Å². The van der Waals surface area contributed by atoms with Gasteiger partial charge in [0.25, 0.3) is 17.4 Å². The number of nitrogens with zero attached hydrogens (tertiary/aromatic N) is 1. The summed E-state index contributed by atoms with van der Waals surface area (Å²) in [6, 6.07) is -4.64. The van der Waals surface area contributed by atoms with E-state index in [2.05, 4.69) is 11.7 Å². The van der Waals surface area contributed by atoms with Crippen LogP contribution in [0.15, 0.2) is 4.99 Å². The lowest BCUT2D eigenvalue weighted by Gasteiger charge is -2.54. The Morgan fingerprint density at radius 3 is 2.08 bits per heavy atom. The number of aliphatic hydroxyl groups excluding tert-OH is 6. The quantitative estimate of drug-likeness (QED) is 0.0907. The first-order valence-electron chi connectivity index (χ1n) is 12.0. The normalized spacial score (nSPS) is 57.8. The molecule has 40 heavy (non-hydrogen) atoms. The Bertz CT molecular complexity index is 1010. The van der Waals surface area contributed by atoms with Crippen molar-refractivity contribution in [1.82, 2.24) is 0 Å². The van der Waals surface area contributed by atoms with Gasteiger partial charge in [-0.25, -0.2) is 18.1 Å². The van der Waals surface area contributed by atoms with Gasteiger partial charge < -0.3 is 76.0 Å². The highest BCUT2D eigenvalue weighted by molar-refractivity contribution is 7.49. The number of nitrogens with two attached hydrogens (primary N) is 2. The average molecular weight is 605 g/mol. The molecule has 0 aromatic carbocycles. The smallest absolute Gasteiger partial charge is 0.394 e. The molecule has 2 bridgehead atoms. The van der Waals surface area contributed by atoms with Crippen LogP contribution >= 0.6 is 7.82 Å². The number of phosphoric ester groups is 1. The molecule has 5 saturated heterocycles. The Hall–Kier alpha value is -0.820. The van der Waals surface area contributed by atoms with Crippen LogP contribution in [0.1, 0.15) is 0 Å². The maximum absolute atomic E-state index is 12.5. The number of ether oxygens (including phenoxy) is 5. The largest absolute Gasteiger partial charge is 0.483 e. The second-order valence-electron chi connectivity index (χ2n) is 9.89. The van der Waals surface area contributed by atoms with E-state index in [1.54, 1.807) is 0 Å². The second kappa shape index (κ2) is 10.4. The number of aliphatic hydroxyl groups is 8. The van der Waals surface area contributed by atoms with Crippen LogP contribution in [-0.2, 0) is 41.8 Å². The molecule has 0 aromatic heterocycles. The first-order valence-corrected chi connectivity index (χ1v) is 13.5. The van der Waals surface area contributed by atoms with Crippen LogP contribution in [0, 0.1) is 0 Å². The lowest BCUT2D eigenvalue weighted by molar-refractivity contribution is -0.486. The van der Waals surface area contributed by atoms with E-state index in [4.69, 9.17) is 48.7 Å². The van der Waals surface area contributed by atoms with Gasteiger partial charge in [0.2, 0.25) is 0 Å². The monoisotopic (exact) mass is 605 g/mol. The Balaban J connectivity index is 1.37. The van der Waals surface area contributed by atoms with E-state index in [1.165, 1.54) is 0 Å². The van der Waals surface area contributed by atoms with Crippen LogP contribution in [0.2, 0.25) is 0 Å². The first kappa shape index (κ1) is 30.6. The summed E-state index contributed by atoms with van der Waals surface area (Å²) in [6.07, 6.45) is -14.0. The Labute approximate surface area is 225 Å². The molecule has 16 atom stereocenters. The van der Waals surface area contributed by atoms with Crippen molar-refractivity contribution in [2.75, 3.05) is 19.8 Å². The number of aliphatic imine (C=N–C) groups is 1. The molecule has 0 amide bonds. The molecule has 0 aliphatic carbocycles. The van der Waals surface area contributed by atoms with Gasteiger partial charge in [-0.05, 0) is 6.72 Å². The van der Waals surface area contributed by atoms with Crippen molar-refractivity contribution in [3.63, 3.8) is 0 Å². The van der Waals surface area contributed by atoms with E-state index >= 15 is 0 Å². The number of fused-ring (bicyclic) bond motifs is 1. The van der Waals surface area contributed by atoms with Crippen LogP contribution in [-0.4, -0.2) is 158 Å².